The van der Waals surface area contributed by atoms with Gasteiger partial charge in [-0.3, -0.25) is 4.79 Å². The zero-order valence-electron chi connectivity index (χ0n) is 16.4. The minimum atomic E-state index is -0.313. The lowest BCUT2D eigenvalue weighted by molar-refractivity contribution is -0.150. The van der Waals surface area contributed by atoms with E-state index in [1.165, 1.54) is 4.90 Å². The van der Waals surface area contributed by atoms with Gasteiger partial charge in [0.2, 0.25) is 0 Å². The van der Waals surface area contributed by atoms with Crippen LogP contribution in [0.25, 0.3) is 0 Å². The van der Waals surface area contributed by atoms with Crippen LogP contribution in [0.15, 0.2) is 53.4 Å². The van der Waals surface area contributed by atoms with Gasteiger partial charge in [0.25, 0.3) is 0 Å². The van der Waals surface area contributed by atoms with Crippen LogP contribution < -0.4 is 4.74 Å². The molecular formula is C23H28O3S. The normalized spacial score (nSPS) is 20.9. The molecular weight excluding hydrogens is 356 g/mol. The second-order valence-electron chi connectivity index (χ2n) is 7.14. The summed E-state index contributed by atoms with van der Waals surface area (Å²) in [6, 6.07) is 16.5. The van der Waals surface area contributed by atoms with Crippen LogP contribution in [0.3, 0.4) is 0 Å². The molecule has 2 aromatic carbocycles. The highest BCUT2D eigenvalue weighted by Crippen LogP contribution is 2.57. The predicted octanol–water partition coefficient (Wildman–Crippen LogP) is 5.51. The highest BCUT2D eigenvalue weighted by Gasteiger charge is 2.59. The van der Waals surface area contributed by atoms with E-state index in [-0.39, 0.29) is 11.4 Å². The van der Waals surface area contributed by atoms with Crippen LogP contribution in [0, 0.1) is 11.3 Å². The Kier molecular flexibility index (Phi) is 6.48. The summed E-state index contributed by atoms with van der Waals surface area (Å²) in [6.45, 7) is 5.02. The number of hydrogen-bond acceptors (Lipinski definition) is 4. The summed E-state index contributed by atoms with van der Waals surface area (Å²) in [5.74, 6) is 1.25. The van der Waals surface area contributed by atoms with Crippen molar-refractivity contribution in [2.75, 3.05) is 12.9 Å². The Balaban J connectivity index is 1.58. The molecule has 0 aliphatic heterocycles. The fourth-order valence-corrected chi connectivity index (χ4v) is 4.09. The van der Waals surface area contributed by atoms with Crippen LogP contribution in [0.5, 0.6) is 5.75 Å². The topological polar surface area (TPSA) is 35.5 Å². The lowest BCUT2D eigenvalue weighted by atomic mass is 9.93. The third kappa shape index (κ3) is 4.67. The smallest absolute Gasteiger partial charge is 0.312 e. The summed E-state index contributed by atoms with van der Waals surface area (Å²) in [5, 5.41) is 0. The number of carbonyl (C=O) groups excluding carboxylic acids is 1. The maximum Gasteiger partial charge on any atom is 0.312 e. The first kappa shape index (κ1) is 19.8. The molecule has 0 heterocycles. The molecule has 4 heteroatoms. The molecule has 144 valence electrons. The Labute approximate surface area is 166 Å². The van der Waals surface area contributed by atoms with Crippen LogP contribution in [-0.2, 0) is 22.6 Å². The maximum absolute atomic E-state index is 12.4. The molecule has 2 atom stereocenters. The minimum absolute atomic E-state index is 0.0362. The number of carbonyl (C=O) groups is 1. The SMILES string of the molecule is CCOC(=O)[C@@]1(Cc2ccc(OCc3ccc(SC)cc3)cc2)C[C@@H]1CC. The van der Waals surface area contributed by atoms with E-state index in [0.717, 1.165) is 36.1 Å². The molecule has 1 fully saturated rings. The lowest BCUT2D eigenvalue weighted by Crippen LogP contribution is -2.23. The predicted molar refractivity (Wildman–Crippen MR) is 110 cm³/mol. The molecule has 0 spiro atoms. The van der Waals surface area contributed by atoms with E-state index in [1.807, 2.05) is 19.1 Å². The molecule has 3 nitrogen and oxygen atoms in total. The fourth-order valence-electron chi connectivity index (χ4n) is 3.69. The number of rotatable bonds is 9. The van der Waals surface area contributed by atoms with E-state index in [0.29, 0.717) is 19.1 Å². The van der Waals surface area contributed by atoms with Gasteiger partial charge in [-0.1, -0.05) is 37.6 Å². The maximum atomic E-state index is 12.4. The Bertz CT molecular complexity index is 754. The summed E-state index contributed by atoms with van der Waals surface area (Å²) < 4.78 is 11.2. The van der Waals surface area contributed by atoms with Crippen molar-refractivity contribution in [3.05, 3.63) is 59.7 Å². The molecule has 27 heavy (non-hydrogen) atoms. The van der Waals surface area contributed by atoms with Crippen LogP contribution in [0.2, 0.25) is 0 Å². The molecule has 0 aromatic heterocycles. The summed E-state index contributed by atoms with van der Waals surface area (Å²) in [5.41, 5.74) is 2.00. The lowest BCUT2D eigenvalue weighted by Gasteiger charge is -2.16. The standard InChI is InChI=1S/C23H28O3S/c1-4-19-15-23(19,22(24)25-5-2)14-17-6-10-20(11-7-17)26-16-18-8-12-21(27-3)13-9-18/h6-13,19H,4-5,14-16H2,1-3H3/t19-,23-/m0/s1. The average molecular weight is 385 g/mol. The zero-order valence-corrected chi connectivity index (χ0v) is 17.2. The monoisotopic (exact) mass is 384 g/mol. The van der Waals surface area contributed by atoms with Crippen molar-refractivity contribution in [1.82, 2.24) is 0 Å². The van der Waals surface area contributed by atoms with Crippen molar-refractivity contribution in [2.45, 2.75) is 44.6 Å². The van der Waals surface area contributed by atoms with E-state index < -0.39 is 0 Å². The van der Waals surface area contributed by atoms with E-state index in [1.54, 1.807) is 11.8 Å². The van der Waals surface area contributed by atoms with Crippen LogP contribution in [-0.4, -0.2) is 18.8 Å². The van der Waals surface area contributed by atoms with E-state index >= 15 is 0 Å². The van der Waals surface area contributed by atoms with Crippen molar-refractivity contribution in [2.24, 2.45) is 11.3 Å². The summed E-state index contributed by atoms with van der Waals surface area (Å²) in [7, 11) is 0. The molecule has 1 aliphatic carbocycles. The number of benzene rings is 2. The third-order valence-electron chi connectivity index (χ3n) is 5.41. The Morgan fingerprint density at radius 3 is 2.30 bits per heavy atom. The third-order valence-corrected chi connectivity index (χ3v) is 6.16. The van der Waals surface area contributed by atoms with E-state index in [2.05, 4.69) is 49.6 Å². The average Bonchev–Trinajstić information content (AvgIpc) is 3.42. The first-order chi connectivity index (χ1) is 13.1. The molecule has 1 aliphatic rings. The largest absolute Gasteiger partial charge is 0.489 e. The first-order valence-electron chi connectivity index (χ1n) is 9.63. The summed E-state index contributed by atoms with van der Waals surface area (Å²) in [4.78, 5) is 13.7. The summed E-state index contributed by atoms with van der Waals surface area (Å²) >= 11 is 1.74. The highest BCUT2D eigenvalue weighted by atomic mass is 32.2. The van der Waals surface area contributed by atoms with E-state index in [9.17, 15) is 4.79 Å². The second-order valence-corrected chi connectivity index (χ2v) is 8.02. The molecule has 0 N–H and O–H groups in total. The Hall–Kier alpha value is -1.94. The number of esters is 1. The van der Waals surface area contributed by atoms with Gasteiger partial charge in [-0.05, 0) is 67.3 Å². The number of ether oxygens (including phenoxy) is 2. The second kappa shape index (κ2) is 8.83. The summed E-state index contributed by atoms with van der Waals surface area (Å²) in [6.07, 6.45) is 4.78. The van der Waals surface area contributed by atoms with Crippen molar-refractivity contribution >= 4 is 17.7 Å². The molecule has 0 saturated heterocycles. The molecule has 0 bridgehead atoms. The molecule has 0 unspecified atom stereocenters. The van der Waals surface area contributed by atoms with Gasteiger partial charge in [0.05, 0.1) is 12.0 Å². The van der Waals surface area contributed by atoms with Gasteiger partial charge >= 0.3 is 5.97 Å². The van der Waals surface area contributed by atoms with Crippen molar-refractivity contribution < 1.29 is 14.3 Å². The number of thioether (sulfide) groups is 1. The van der Waals surface area contributed by atoms with Crippen LogP contribution >= 0.6 is 11.8 Å². The number of hydrogen-bond donors (Lipinski definition) is 0. The van der Waals surface area contributed by atoms with Crippen molar-refractivity contribution in [1.29, 1.82) is 0 Å². The minimum Gasteiger partial charge on any atom is -0.489 e. The van der Waals surface area contributed by atoms with Gasteiger partial charge in [-0.2, -0.15) is 0 Å². The highest BCUT2D eigenvalue weighted by molar-refractivity contribution is 7.98. The Morgan fingerprint density at radius 1 is 1.07 bits per heavy atom. The Morgan fingerprint density at radius 2 is 1.74 bits per heavy atom. The van der Waals surface area contributed by atoms with Crippen LogP contribution in [0.4, 0.5) is 0 Å². The van der Waals surface area contributed by atoms with Crippen molar-refractivity contribution in [3.63, 3.8) is 0 Å². The van der Waals surface area contributed by atoms with Gasteiger partial charge < -0.3 is 9.47 Å². The van der Waals surface area contributed by atoms with Gasteiger partial charge in [0.1, 0.15) is 12.4 Å². The molecule has 1 saturated carbocycles. The van der Waals surface area contributed by atoms with Gasteiger partial charge in [0, 0.05) is 4.90 Å². The first-order valence-corrected chi connectivity index (χ1v) is 10.9. The molecule has 3 rings (SSSR count). The fraction of sp³-hybridized carbons (Fsp3) is 0.435. The van der Waals surface area contributed by atoms with E-state index in [4.69, 9.17) is 9.47 Å². The zero-order chi connectivity index (χ0) is 19.3. The van der Waals surface area contributed by atoms with Gasteiger partial charge in [0.15, 0.2) is 0 Å². The van der Waals surface area contributed by atoms with Crippen molar-refractivity contribution in [3.8, 4) is 5.75 Å². The van der Waals surface area contributed by atoms with Gasteiger partial charge in [-0.15, -0.1) is 11.8 Å². The molecule has 0 amide bonds. The van der Waals surface area contributed by atoms with Crippen LogP contribution in [0.1, 0.15) is 37.8 Å². The quantitative estimate of drug-likeness (QED) is 0.422. The van der Waals surface area contributed by atoms with Gasteiger partial charge in [-0.25, -0.2) is 0 Å². The molecule has 2 aromatic rings. The molecule has 0 radical (unpaired) electrons.